The highest BCUT2D eigenvalue weighted by Crippen LogP contribution is 2.28. The highest BCUT2D eigenvalue weighted by molar-refractivity contribution is 8.01. The summed E-state index contributed by atoms with van der Waals surface area (Å²) in [4.78, 5) is 4.00. The molecule has 0 amide bonds. The fourth-order valence-electron chi connectivity index (χ4n) is 0.692. The predicted molar refractivity (Wildman–Crippen MR) is 57.4 cm³/mol. The van der Waals surface area contributed by atoms with Crippen molar-refractivity contribution in [3.05, 3.63) is 22.2 Å². The third kappa shape index (κ3) is 3.94. The maximum atomic E-state index is 12.0. The molecule has 0 saturated heterocycles. The van der Waals surface area contributed by atoms with Gasteiger partial charge in [0.15, 0.2) is 4.34 Å². The number of allylic oxidation sites excluding steroid dienone is 1. The number of hydrogen-bond acceptors (Lipinski definition) is 3. The summed E-state index contributed by atoms with van der Waals surface area (Å²) in [5.74, 6) is 0.604. The van der Waals surface area contributed by atoms with E-state index in [9.17, 15) is 8.78 Å². The molecule has 1 heterocycles. The molecule has 0 saturated carbocycles. The topological polar surface area (TPSA) is 12.9 Å². The largest absolute Gasteiger partial charge is 0.269 e. The van der Waals surface area contributed by atoms with E-state index in [0.717, 1.165) is 4.34 Å². The molecule has 0 N–H and O–H groups in total. The second kappa shape index (κ2) is 5.68. The quantitative estimate of drug-likeness (QED) is 0.738. The van der Waals surface area contributed by atoms with E-state index >= 15 is 0 Å². The SMILES string of the molecule is CC(CCSc1ncc(Cl)s1)=C(F)F. The number of hydrogen-bond donors (Lipinski definition) is 0. The van der Waals surface area contributed by atoms with Crippen LogP contribution in [-0.2, 0) is 0 Å². The number of halogens is 3. The molecule has 0 bridgehead atoms. The van der Waals surface area contributed by atoms with E-state index in [4.69, 9.17) is 11.6 Å². The van der Waals surface area contributed by atoms with Gasteiger partial charge in [-0.3, -0.25) is 0 Å². The Balaban J connectivity index is 2.32. The molecule has 1 nitrogen and oxygen atoms in total. The Morgan fingerprint density at radius 2 is 2.36 bits per heavy atom. The van der Waals surface area contributed by atoms with Crippen LogP contribution in [0.4, 0.5) is 8.78 Å². The van der Waals surface area contributed by atoms with Crippen LogP contribution < -0.4 is 0 Å². The van der Waals surface area contributed by atoms with Gasteiger partial charge >= 0.3 is 0 Å². The van der Waals surface area contributed by atoms with Crippen molar-refractivity contribution < 1.29 is 8.78 Å². The number of thiazole rings is 1. The summed E-state index contributed by atoms with van der Waals surface area (Å²) < 4.78 is 25.4. The number of nitrogens with zero attached hydrogens (tertiary/aromatic N) is 1. The van der Waals surface area contributed by atoms with Crippen LogP contribution in [0.1, 0.15) is 13.3 Å². The highest BCUT2D eigenvalue weighted by Gasteiger charge is 2.03. The van der Waals surface area contributed by atoms with Crippen molar-refractivity contribution in [2.75, 3.05) is 5.75 Å². The summed E-state index contributed by atoms with van der Waals surface area (Å²) >= 11 is 8.47. The Bertz CT molecular complexity index is 334. The van der Waals surface area contributed by atoms with Crippen LogP contribution in [0.25, 0.3) is 0 Å². The molecule has 0 radical (unpaired) electrons. The Hall–Kier alpha value is -0.130. The second-order valence-corrected chi connectivity index (χ2v) is 5.57. The lowest BCUT2D eigenvalue weighted by Crippen LogP contribution is -1.83. The first-order valence-corrected chi connectivity index (χ1v) is 6.02. The molecule has 0 fully saturated rings. The smallest absolute Gasteiger partial charge is 0.237 e. The highest BCUT2D eigenvalue weighted by atomic mass is 35.5. The van der Waals surface area contributed by atoms with Gasteiger partial charge in [-0.25, -0.2) is 4.98 Å². The van der Waals surface area contributed by atoms with Gasteiger partial charge in [-0.2, -0.15) is 8.78 Å². The summed E-state index contributed by atoms with van der Waals surface area (Å²) in [5, 5.41) is 0. The van der Waals surface area contributed by atoms with Crippen LogP contribution in [0.15, 0.2) is 22.2 Å². The van der Waals surface area contributed by atoms with Crippen LogP contribution in [0, 0.1) is 0 Å². The van der Waals surface area contributed by atoms with E-state index in [-0.39, 0.29) is 5.57 Å². The van der Waals surface area contributed by atoms with Crippen LogP contribution >= 0.6 is 34.7 Å². The van der Waals surface area contributed by atoms with Gasteiger partial charge < -0.3 is 0 Å². The zero-order chi connectivity index (χ0) is 10.6. The summed E-state index contributed by atoms with van der Waals surface area (Å²) in [6, 6.07) is 0. The van der Waals surface area contributed by atoms with Crippen LogP contribution in [0.2, 0.25) is 4.34 Å². The molecule has 1 aromatic heterocycles. The van der Waals surface area contributed by atoms with Crippen molar-refractivity contribution in [1.82, 2.24) is 4.98 Å². The summed E-state index contributed by atoms with van der Waals surface area (Å²) in [6.45, 7) is 1.44. The van der Waals surface area contributed by atoms with Crippen molar-refractivity contribution in [2.45, 2.75) is 17.7 Å². The Kier molecular flexibility index (Phi) is 4.84. The standard InChI is InChI=1S/C8H8ClF2NS2/c1-5(7(10)11)2-3-13-8-12-4-6(9)14-8/h4H,2-3H2,1H3. The van der Waals surface area contributed by atoms with E-state index in [0.29, 0.717) is 16.5 Å². The molecule has 0 aliphatic heterocycles. The van der Waals surface area contributed by atoms with E-state index in [1.807, 2.05) is 0 Å². The zero-order valence-electron chi connectivity index (χ0n) is 7.39. The number of rotatable bonds is 4. The van der Waals surface area contributed by atoms with E-state index in [1.54, 1.807) is 6.20 Å². The number of thioether (sulfide) groups is 1. The van der Waals surface area contributed by atoms with Crippen molar-refractivity contribution in [3.63, 3.8) is 0 Å². The van der Waals surface area contributed by atoms with Gasteiger partial charge in [-0.05, 0) is 18.9 Å². The molecule has 0 spiro atoms. The summed E-state index contributed by atoms with van der Waals surface area (Å²) in [7, 11) is 0. The maximum absolute atomic E-state index is 12.0. The molecular formula is C8H8ClF2NS2. The molecule has 6 heteroatoms. The van der Waals surface area contributed by atoms with Crippen molar-refractivity contribution in [3.8, 4) is 0 Å². The average Bonchev–Trinajstić information content (AvgIpc) is 2.51. The van der Waals surface area contributed by atoms with Gasteiger partial charge in [0.05, 0.1) is 6.20 Å². The molecule has 14 heavy (non-hydrogen) atoms. The van der Waals surface area contributed by atoms with Gasteiger partial charge in [-0.1, -0.05) is 34.7 Å². The molecule has 0 aromatic carbocycles. The number of aromatic nitrogens is 1. The van der Waals surface area contributed by atoms with Gasteiger partial charge in [0.25, 0.3) is 6.08 Å². The van der Waals surface area contributed by atoms with Crippen LogP contribution in [-0.4, -0.2) is 10.7 Å². The molecule has 78 valence electrons. The van der Waals surface area contributed by atoms with Crippen LogP contribution in [0.5, 0.6) is 0 Å². The van der Waals surface area contributed by atoms with Crippen molar-refractivity contribution in [1.29, 1.82) is 0 Å². The first-order chi connectivity index (χ1) is 6.59. The normalized spacial score (nSPS) is 10.3. The van der Waals surface area contributed by atoms with Crippen molar-refractivity contribution in [2.24, 2.45) is 0 Å². The first kappa shape index (κ1) is 11.9. The molecular weight excluding hydrogens is 248 g/mol. The average molecular weight is 256 g/mol. The predicted octanol–water partition coefficient (Wildman–Crippen LogP) is 4.45. The van der Waals surface area contributed by atoms with E-state index in [1.165, 1.54) is 30.0 Å². The fraction of sp³-hybridized carbons (Fsp3) is 0.375. The van der Waals surface area contributed by atoms with E-state index < -0.39 is 6.08 Å². The molecule has 0 aliphatic rings. The van der Waals surface area contributed by atoms with Gasteiger partial charge in [-0.15, -0.1) is 0 Å². The van der Waals surface area contributed by atoms with Crippen molar-refractivity contribution >= 4 is 34.7 Å². The summed E-state index contributed by atoms with van der Waals surface area (Å²) in [6.07, 6.45) is 0.361. The molecule has 1 rings (SSSR count). The molecule has 0 unspecified atom stereocenters. The Morgan fingerprint density at radius 1 is 1.64 bits per heavy atom. The molecule has 0 atom stereocenters. The minimum Gasteiger partial charge on any atom is -0.237 e. The molecule has 0 aliphatic carbocycles. The monoisotopic (exact) mass is 255 g/mol. The minimum absolute atomic E-state index is 0.139. The van der Waals surface area contributed by atoms with E-state index in [2.05, 4.69) is 4.98 Å². The van der Waals surface area contributed by atoms with Gasteiger partial charge in [0, 0.05) is 5.75 Å². The second-order valence-electron chi connectivity index (χ2n) is 2.57. The maximum Gasteiger partial charge on any atom is 0.269 e. The summed E-state index contributed by atoms with van der Waals surface area (Å²) in [5.41, 5.74) is 0.139. The Labute approximate surface area is 94.2 Å². The first-order valence-electron chi connectivity index (χ1n) is 3.84. The molecule has 1 aromatic rings. The Morgan fingerprint density at radius 3 is 2.86 bits per heavy atom. The van der Waals surface area contributed by atoms with Gasteiger partial charge in [0.1, 0.15) is 4.34 Å². The lowest BCUT2D eigenvalue weighted by Gasteiger charge is -1.97. The third-order valence-corrected chi connectivity index (χ3v) is 3.76. The third-order valence-electron chi connectivity index (χ3n) is 1.48. The minimum atomic E-state index is -1.58. The fourth-order valence-corrected chi connectivity index (χ4v) is 2.94. The zero-order valence-corrected chi connectivity index (χ0v) is 9.78. The van der Waals surface area contributed by atoms with Gasteiger partial charge in [0.2, 0.25) is 0 Å². The lowest BCUT2D eigenvalue weighted by molar-refractivity contribution is 0.409. The lowest BCUT2D eigenvalue weighted by atomic mass is 10.3. The van der Waals surface area contributed by atoms with Crippen LogP contribution in [0.3, 0.4) is 0 Å².